The van der Waals surface area contributed by atoms with E-state index in [0.717, 1.165) is 16.8 Å². The van der Waals surface area contributed by atoms with Gasteiger partial charge in [-0.2, -0.15) is 0 Å². The molecule has 0 unspecified atom stereocenters. The lowest BCUT2D eigenvalue weighted by molar-refractivity contribution is 0.00680. The van der Waals surface area contributed by atoms with Crippen LogP contribution in [0.3, 0.4) is 0 Å². The largest absolute Gasteiger partial charge is 0.493 e. The fourth-order valence-corrected chi connectivity index (χ4v) is 1.99. The zero-order valence-corrected chi connectivity index (χ0v) is 13.1. The molecule has 1 aromatic rings. The first-order valence-electron chi connectivity index (χ1n) is 6.51. The van der Waals surface area contributed by atoms with Gasteiger partial charge in [0.05, 0.1) is 12.2 Å². The molecule has 0 N–H and O–H groups in total. The van der Waals surface area contributed by atoms with Crippen LogP contribution in [0.4, 0.5) is 0 Å². The van der Waals surface area contributed by atoms with Gasteiger partial charge in [-0.1, -0.05) is 0 Å². The van der Waals surface area contributed by atoms with Crippen molar-refractivity contribution in [3.8, 4) is 5.75 Å². The van der Waals surface area contributed by atoms with Gasteiger partial charge in [0.25, 0.3) is 0 Å². The molecule has 104 valence electrons. The fraction of sp³-hybridized carbons (Fsp3) is 0.533. The van der Waals surface area contributed by atoms with E-state index in [2.05, 4.69) is 15.9 Å². The Balaban J connectivity index is 2.09. The molecule has 0 bridgehead atoms. The summed E-state index contributed by atoms with van der Waals surface area (Å²) < 4.78 is 11.8. The summed E-state index contributed by atoms with van der Waals surface area (Å²) in [6, 6.07) is 5.42. The van der Waals surface area contributed by atoms with E-state index < -0.39 is 5.60 Å². The summed E-state index contributed by atoms with van der Waals surface area (Å²) in [5.41, 5.74) is 0.00437. The van der Waals surface area contributed by atoms with E-state index in [1.165, 1.54) is 12.8 Å². The van der Waals surface area contributed by atoms with E-state index >= 15 is 0 Å². The van der Waals surface area contributed by atoms with Gasteiger partial charge in [0.2, 0.25) is 0 Å². The summed E-state index contributed by atoms with van der Waals surface area (Å²) in [5.74, 6) is 1.07. The number of hydrogen-bond acceptors (Lipinski definition) is 3. The van der Waals surface area contributed by atoms with Gasteiger partial charge in [0.1, 0.15) is 11.4 Å². The number of ether oxygens (including phenoxy) is 2. The van der Waals surface area contributed by atoms with E-state index in [1.54, 1.807) is 6.07 Å². The van der Waals surface area contributed by atoms with E-state index in [4.69, 9.17) is 9.47 Å². The predicted molar refractivity (Wildman–Crippen MR) is 77.5 cm³/mol. The Kier molecular flexibility index (Phi) is 4.19. The van der Waals surface area contributed by atoms with Crippen LogP contribution in [0.1, 0.15) is 44.0 Å². The molecule has 0 radical (unpaired) electrons. The molecule has 1 aliphatic rings. The highest BCUT2D eigenvalue weighted by molar-refractivity contribution is 9.10. The van der Waals surface area contributed by atoms with E-state index in [0.29, 0.717) is 11.5 Å². The van der Waals surface area contributed by atoms with Gasteiger partial charge in [-0.05, 0) is 73.7 Å². The molecule has 0 atom stereocenters. The van der Waals surface area contributed by atoms with Crippen molar-refractivity contribution in [2.45, 2.75) is 39.2 Å². The van der Waals surface area contributed by atoms with Crippen molar-refractivity contribution in [1.29, 1.82) is 0 Å². The maximum Gasteiger partial charge on any atom is 0.339 e. The van der Waals surface area contributed by atoms with Gasteiger partial charge >= 0.3 is 5.97 Å². The molecule has 2 rings (SSSR count). The summed E-state index contributed by atoms with van der Waals surface area (Å²) in [4.78, 5) is 12.1. The number of rotatable bonds is 4. The van der Waals surface area contributed by atoms with Gasteiger partial charge in [0, 0.05) is 4.47 Å². The zero-order valence-electron chi connectivity index (χ0n) is 11.5. The number of hydrogen-bond donors (Lipinski definition) is 0. The summed E-state index contributed by atoms with van der Waals surface area (Å²) in [6.45, 7) is 6.29. The van der Waals surface area contributed by atoms with Crippen molar-refractivity contribution in [2.75, 3.05) is 6.61 Å². The summed E-state index contributed by atoms with van der Waals surface area (Å²) in [7, 11) is 0. The minimum atomic E-state index is -0.499. The van der Waals surface area contributed by atoms with Crippen LogP contribution in [0.5, 0.6) is 5.75 Å². The van der Waals surface area contributed by atoms with Gasteiger partial charge in [-0.25, -0.2) is 4.79 Å². The van der Waals surface area contributed by atoms with Crippen LogP contribution in [0.25, 0.3) is 0 Å². The molecule has 0 aromatic heterocycles. The molecule has 1 saturated carbocycles. The van der Waals surface area contributed by atoms with Crippen molar-refractivity contribution in [3.63, 3.8) is 0 Å². The average Bonchev–Trinajstić information content (AvgIpc) is 3.09. The lowest BCUT2D eigenvalue weighted by atomic mass is 10.1. The maximum atomic E-state index is 12.1. The molecule has 1 aromatic carbocycles. The SMILES string of the molecule is CC(C)(C)OC(=O)c1cc(OCC2CC2)ccc1Br. The second-order valence-corrected chi connectivity index (χ2v) is 6.75. The average molecular weight is 327 g/mol. The van der Waals surface area contributed by atoms with E-state index in [9.17, 15) is 4.79 Å². The third-order valence-electron chi connectivity index (χ3n) is 2.74. The van der Waals surface area contributed by atoms with Crippen molar-refractivity contribution < 1.29 is 14.3 Å². The van der Waals surface area contributed by atoms with Gasteiger partial charge < -0.3 is 9.47 Å². The lowest BCUT2D eigenvalue weighted by Gasteiger charge is -2.20. The monoisotopic (exact) mass is 326 g/mol. The third kappa shape index (κ3) is 4.53. The Bertz CT molecular complexity index is 473. The molecule has 3 nitrogen and oxygen atoms in total. The van der Waals surface area contributed by atoms with Crippen LogP contribution in [0, 0.1) is 5.92 Å². The molecular formula is C15H19BrO3. The second kappa shape index (κ2) is 5.53. The van der Waals surface area contributed by atoms with Crippen LogP contribution >= 0.6 is 15.9 Å². The number of halogens is 1. The maximum absolute atomic E-state index is 12.1. The molecule has 19 heavy (non-hydrogen) atoms. The molecule has 0 aliphatic heterocycles. The molecule has 0 spiro atoms. The quantitative estimate of drug-likeness (QED) is 0.778. The van der Waals surface area contributed by atoms with Crippen LogP contribution in [-0.2, 0) is 4.74 Å². The topological polar surface area (TPSA) is 35.5 Å². The van der Waals surface area contributed by atoms with Crippen molar-refractivity contribution in [2.24, 2.45) is 5.92 Å². The van der Waals surface area contributed by atoms with Crippen LogP contribution in [-0.4, -0.2) is 18.2 Å². The van der Waals surface area contributed by atoms with Crippen LogP contribution in [0.2, 0.25) is 0 Å². The standard InChI is InChI=1S/C15H19BrO3/c1-15(2,3)19-14(17)12-8-11(6-7-13(12)16)18-9-10-4-5-10/h6-8,10H,4-5,9H2,1-3H3. The molecule has 0 heterocycles. The van der Waals surface area contributed by atoms with E-state index in [-0.39, 0.29) is 5.97 Å². The van der Waals surface area contributed by atoms with E-state index in [1.807, 2.05) is 32.9 Å². The Morgan fingerprint density at radius 3 is 2.63 bits per heavy atom. The van der Waals surface area contributed by atoms with Crippen molar-refractivity contribution >= 4 is 21.9 Å². The number of benzene rings is 1. The Labute approximate surface area is 122 Å². The highest BCUT2D eigenvalue weighted by atomic mass is 79.9. The highest BCUT2D eigenvalue weighted by Gasteiger charge is 2.23. The molecule has 4 heteroatoms. The van der Waals surface area contributed by atoms with Crippen molar-refractivity contribution in [3.05, 3.63) is 28.2 Å². The van der Waals surface area contributed by atoms with Crippen molar-refractivity contribution in [1.82, 2.24) is 0 Å². The number of esters is 1. The Hall–Kier alpha value is -1.03. The molecule has 1 aliphatic carbocycles. The molecule has 0 saturated heterocycles. The zero-order chi connectivity index (χ0) is 14.0. The van der Waals surface area contributed by atoms with Crippen LogP contribution in [0.15, 0.2) is 22.7 Å². The first-order chi connectivity index (χ1) is 8.85. The lowest BCUT2D eigenvalue weighted by Crippen LogP contribution is -2.24. The Morgan fingerprint density at radius 1 is 1.37 bits per heavy atom. The first kappa shape index (κ1) is 14.4. The minimum absolute atomic E-state index is 0.337. The smallest absolute Gasteiger partial charge is 0.339 e. The normalized spacial score (nSPS) is 15.2. The number of carbonyl (C=O) groups is 1. The van der Waals surface area contributed by atoms with Gasteiger partial charge in [0.15, 0.2) is 0 Å². The summed E-state index contributed by atoms with van der Waals surface area (Å²) in [6.07, 6.45) is 2.49. The van der Waals surface area contributed by atoms with Gasteiger partial charge in [-0.3, -0.25) is 0 Å². The molecule has 0 amide bonds. The molecule has 1 fully saturated rings. The number of carbonyl (C=O) groups excluding carboxylic acids is 1. The van der Waals surface area contributed by atoms with Gasteiger partial charge in [-0.15, -0.1) is 0 Å². The highest BCUT2D eigenvalue weighted by Crippen LogP contribution is 2.30. The minimum Gasteiger partial charge on any atom is -0.493 e. The summed E-state index contributed by atoms with van der Waals surface area (Å²) in [5, 5.41) is 0. The molecular weight excluding hydrogens is 308 g/mol. The predicted octanol–water partition coefficient (Wildman–Crippen LogP) is 4.19. The summed E-state index contributed by atoms with van der Waals surface area (Å²) >= 11 is 3.37. The third-order valence-corrected chi connectivity index (χ3v) is 3.43. The fourth-order valence-electron chi connectivity index (χ4n) is 1.58. The first-order valence-corrected chi connectivity index (χ1v) is 7.30. The Morgan fingerprint density at radius 2 is 2.05 bits per heavy atom. The van der Waals surface area contributed by atoms with Crippen LogP contribution < -0.4 is 4.74 Å². The second-order valence-electron chi connectivity index (χ2n) is 5.90.